The monoisotopic (exact) mass is 493 g/mol. The average Bonchev–Trinajstić information content (AvgIpc) is 3.48. The lowest BCUT2D eigenvalue weighted by atomic mass is 10.0. The second kappa shape index (κ2) is 8.78. The summed E-state index contributed by atoms with van der Waals surface area (Å²) in [6, 6.07) is 2.75. The van der Waals surface area contributed by atoms with E-state index in [9.17, 15) is 22.2 Å². The van der Waals surface area contributed by atoms with Gasteiger partial charge in [0.25, 0.3) is 11.9 Å². The standard InChI is InChI=1S/C21H22F3N7O2S/c1-12(18-27-11-28-31(18)20-25-9-17(10-26-20)30-34(2,3)33)29-19(32)15-6-14(13-4-5-13)7-16(8-15)21(22,23)24/h6-13H,4-5H2,1-3H3,(H,29,32)/t12-/m0/s1. The number of aromatic nitrogens is 5. The first-order valence-corrected chi connectivity index (χ1v) is 12.7. The molecule has 3 aromatic rings. The van der Waals surface area contributed by atoms with Crippen molar-refractivity contribution in [1.29, 1.82) is 0 Å². The van der Waals surface area contributed by atoms with Crippen LogP contribution in [0.1, 0.15) is 59.0 Å². The van der Waals surface area contributed by atoms with Crippen molar-refractivity contribution in [2.75, 3.05) is 12.5 Å². The van der Waals surface area contributed by atoms with Crippen LogP contribution in [0, 0.1) is 0 Å². The summed E-state index contributed by atoms with van der Waals surface area (Å²) in [6.45, 7) is 1.63. The SMILES string of the molecule is C[C@H](NC(=O)c1cc(C2CC2)cc(C(F)(F)F)c1)c1ncnn1-c1ncc(N=S(C)(C)=O)cn1. The van der Waals surface area contributed by atoms with Gasteiger partial charge in [-0.15, -0.1) is 0 Å². The minimum absolute atomic E-state index is 0.0509. The highest BCUT2D eigenvalue weighted by atomic mass is 32.2. The van der Waals surface area contributed by atoms with Gasteiger partial charge in [0.15, 0.2) is 5.82 Å². The van der Waals surface area contributed by atoms with Gasteiger partial charge in [-0.05, 0) is 49.4 Å². The number of carbonyl (C=O) groups is 1. The third-order valence-corrected chi connectivity index (χ3v) is 5.69. The molecule has 1 N–H and O–H groups in total. The van der Waals surface area contributed by atoms with E-state index in [0.717, 1.165) is 25.0 Å². The molecule has 9 nitrogen and oxygen atoms in total. The maximum Gasteiger partial charge on any atom is 0.416 e. The van der Waals surface area contributed by atoms with E-state index in [0.29, 0.717) is 11.3 Å². The number of hydrogen-bond donors (Lipinski definition) is 1. The molecule has 1 saturated carbocycles. The summed E-state index contributed by atoms with van der Waals surface area (Å²) in [6.07, 6.45) is 4.04. The molecule has 1 aliphatic rings. The number of rotatable bonds is 6. The van der Waals surface area contributed by atoms with Gasteiger partial charge < -0.3 is 5.32 Å². The predicted octanol–water partition coefficient (Wildman–Crippen LogP) is 3.80. The van der Waals surface area contributed by atoms with E-state index < -0.39 is 33.4 Å². The molecular formula is C21H22F3N7O2S. The summed E-state index contributed by atoms with van der Waals surface area (Å²) in [5, 5.41) is 6.75. The van der Waals surface area contributed by atoms with Crippen molar-refractivity contribution in [3.8, 4) is 5.95 Å². The maximum absolute atomic E-state index is 13.4. The smallest absolute Gasteiger partial charge is 0.342 e. The quantitative estimate of drug-likeness (QED) is 0.559. The number of benzene rings is 1. The van der Waals surface area contributed by atoms with Crippen molar-refractivity contribution >= 4 is 21.3 Å². The Morgan fingerprint density at radius 2 is 1.85 bits per heavy atom. The summed E-state index contributed by atoms with van der Waals surface area (Å²) in [5.74, 6) is -0.190. The van der Waals surface area contributed by atoms with Crippen LogP contribution in [-0.4, -0.2) is 47.4 Å². The normalized spacial score (nSPS) is 15.1. The van der Waals surface area contributed by atoms with Gasteiger partial charge in [-0.2, -0.15) is 27.3 Å². The van der Waals surface area contributed by atoms with E-state index in [2.05, 4.69) is 29.7 Å². The second-order valence-electron chi connectivity index (χ2n) is 8.35. The molecule has 2 aromatic heterocycles. The molecule has 4 rings (SSSR count). The number of carbonyl (C=O) groups excluding carboxylic acids is 1. The Balaban J connectivity index is 1.56. The third kappa shape index (κ3) is 5.58. The molecule has 0 radical (unpaired) electrons. The predicted molar refractivity (Wildman–Crippen MR) is 118 cm³/mol. The van der Waals surface area contributed by atoms with E-state index in [1.54, 1.807) is 6.92 Å². The highest BCUT2D eigenvalue weighted by Crippen LogP contribution is 2.42. The molecule has 1 atom stereocenters. The Hall–Kier alpha value is -3.35. The zero-order chi connectivity index (χ0) is 24.7. The molecule has 0 bridgehead atoms. The Morgan fingerprint density at radius 3 is 2.44 bits per heavy atom. The van der Waals surface area contributed by atoms with Crippen molar-refractivity contribution in [2.45, 2.75) is 37.9 Å². The Bertz CT molecular complexity index is 1330. The van der Waals surface area contributed by atoms with E-state index >= 15 is 0 Å². The van der Waals surface area contributed by atoms with Crippen LogP contribution in [0.2, 0.25) is 0 Å². The summed E-state index contributed by atoms with van der Waals surface area (Å²) < 4.78 is 57.2. The molecule has 2 heterocycles. The van der Waals surface area contributed by atoms with Gasteiger partial charge in [-0.1, -0.05) is 0 Å². The molecule has 0 saturated heterocycles. The van der Waals surface area contributed by atoms with Crippen LogP contribution in [0.5, 0.6) is 0 Å². The molecule has 1 aliphatic carbocycles. The molecule has 1 aromatic carbocycles. The first-order valence-electron chi connectivity index (χ1n) is 10.3. The zero-order valence-corrected chi connectivity index (χ0v) is 19.4. The molecule has 34 heavy (non-hydrogen) atoms. The number of hydrogen-bond acceptors (Lipinski definition) is 7. The lowest BCUT2D eigenvalue weighted by Crippen LogP contribution is -2.29. The van der Waals surface area contributed by atoms with E-state index in [-0.39, 0.29) is 23.3 Å². The van der Waals surface area contributed by atoms with Crippen LogP contribution in [-0.2, 0) is 15.9 Å². The maximum atomic E-state index is 13.4. The van der Waals surface area contributed by atoms with Crippen molar-refractivity contribution in [2.24, 2.45) is 4.36 Å². The fraction of sp³-hybridized carbons (Fsp3) is 0.381. The average molecular weight is 494 g/mol. The first-order chi connectivity index (χ1) is 15.9. The Kier molecular flexibility index (Phi) is 6.14. The largest absolute Gasteiger partial charge is 0.416 e. The van der Waals surface area contributed by atoms with Gasteiger partial charge in [-0.25, -0.2) is 19.2 Å². The molecule has 180 valence electrons. The van der Waals surface area contributed by atoms with Crippen molar-refractivity contribution in [1.82, 2.24) is 30.0 Å². The number of nitrogens with zero attached hydrogens (tertiary/aromatic N) is 6. The fourth-order valence-electron chi connectivity index (χ4n) is 3.37. The zero-order valence-electron chi connectivity index (χ0n) is 18.6. The topological polar surface area (TPSA) is 115 Å². The van der Waals surface area contributed by atoms with Gasteiger partial charge in [0, 0.05) is 27.8 Å². The van der Waals surface area contributed by atoms with Gasteiger partial charge in [-0.3, -0.25) is 4.79 Å². The molecular weight excluding hydrogens is 471 g/mol. The molecule has 13 heteroatoms. The minimum Gasteiger partial charge on any atom is -0.342 e. The van der Waals surface area contributed by atoms with Crippen LogP contribution in [0.3, 0.4) is 0 Å². The molecule has 0 spiro atoms. The molecule has 0 aliphatic heterocycles. The highest BCUT2D eigenvalue weighted by Gasteiger charge is 2.34. The number of nitrogens with one attached hydrogen (secondary N) is 1. The van der Waals surface area contributed by atoms with Crippen molar-refractivity contribution in [3.05, 3.63) is 59.4 Å². The Labute approximate surface area is 194 Å². The minimum atomic E-state index is -4.55. The van der Waals surface area contributed by atoms with E-state index in [1.165, 1.54) is 42.0 Å². The van der Waals surface area contributed by atoms with Gasteiger partial charge >= 0.3 is 6.18 Å². The Morgan fingerprint density at radius 1 is 1.18 bits per heavy atom. The second-order valence-corrected chi connectivity index (χ2v) is 10.9. The lowest BCUT2D eigenvalue weighted by molar-refractivity contribution is -0.137. The van der Waals surface area contributed by atoms with Gasteiger partial charge in [0.1, 0.15) is 12.0 Å². The molecule has 0 unspecified atom stereocenters. The van der Waals surface area contributed by atoms with Gasteiger partial charge in [0.05, 0.1) is 24.0 Å². The fourth-order valence-corrected chi connectivity index (χ4v) is 3.97. The summed E-state index contributed by atoms with van der Waals surface area (Å²) >= 11 is 0. The highest BCUT2D eigenvalue weighted by molar-refractivity contribution is 7.92. The van der Waals surface area contributed by atoms with Crippen molar-refractivity contribution in [3.63, 3.8) is 0 Å². The summed E-state index contributed by atoms with van der Waals surface area (Å²) in [4.78, 5) is 25.3. The van der Waals surface area contributed by atoms with E-state index in [1.807, 2.05) is 0 Å². The van der Waals surface area contributed by atoms with Crippen LogP contribution in [0.25, 0.3) is 5.95 Å². The summed E-state index contributed by atoms with van der Waals surface area (Å²) in [5.41, 5.74) is -0.0741. The van der Waals surface area contributed by atoms with Gasteiger partial charge in [0.2, 0.25) is 0 Å². The summed E-state index contributed by atoms with van der Waals surface area (Å²) in [7, 11) is -2.38. The molecule has 1 fully saturated rings. The number of alkyl halides is 3. The first kappa shape index (κ1) is 23.8. The van der Waals surface area contributed by atoms with Crippen LogP contribution < -0.4 is 5.32 Å². The number of amides is 1. The van der Waals surface area contributed by atoms with Crippen LogP contribution in [0.15, 0.2) is 41.3 Å². The van der Waals surface area contributed by atoms with Crippen LogP contribution >= 0.6 is 0 Å². The van der Waals surface area contributed by atoms with Crippen LogP contribution in [0.4, 0.5) is 18.9 Å². The van der Waals surface area contributed by atoms with Crippen molar-refractivity contribution < 1.29 is 22.2 Å². The lowest BCUT2D eigenvalue weighted by Gasteiger charge is -2.16. The number of halogens is 3. The third-order valence-electron chi connectivity index (χ3n) is 5.04. The van der Waals surface area contributed by atoms with E-state index in [4.69, 9.17) is 0 Å². The molecule has 1 amide bonds.